The number of nitrogens with zero attached hydrogens (tertiary/aromatic N) is 2. The van der Waals surface area contributed by atoms with Gasteiger partial charge in [0.05, 0.1) is 12.7 Å². The molecule has 2 rings (SSSR count). The van der Waals surface area contributed by atoms with E-state index in [-0.39, 0.29) is 6.10 Å². The molecule has 0 amide bonds. The summed E-state index contributed by atoms with van der Waals surface area (Å²) < 4.78 is 5.49. The van der Waals surface area contributed by atoms with E-state index in [1.807, 2.05) is 0 Å². The minimum atomic E-state index is 0.259. The topological polar surface area (TPSA) is 50.8 Å². The highest BCUT2D eigenvalue weighted by atomic mass is 16.5. The van der Waals surface area contributed by atoms with Gasteiger partial charge in [-0.25, -0.2) is 0 Å². The van der Waals surface area contributed by atoms with Crippen molar-refractivity contribution in [2.45, 2.75) is 32.3 Å². The molecular weight excluding hydrogens is 214 g/mol. The first-order chi connectivity index (χ1) is 8.25. The van der Waals surface area contributed by atoms with Crippen molar-refractivity contribution in [3.63, 3.8) is 0 Å². The van der Waals surface area contributed by atoms with Crippen LogP contribution in [0.1, 0.15) is 26.2 Å². The van der Waals surface area contributed by atoms with Crippen molar-refractivity contribution in [3.8, 4) is 0 Å². The molecule has 1 saturated heterocycles. The molecule has 17 heavy (non-hydrogen) atoms. The summed E-state index contributed by atoms with van der Waals surface area (Å²) in [4.78, 5) is 6.67. The lowest BCUT2D eigenvalue weighted by Gasteiger charge is -2.32. The summed E-state index contributed by atoms with van der Waals surface area (Å²) in [5.41, 5.74) is 6.03. The van der Waals surface area contributed by atoms with Crippen molar-refractivity contribution in [2.24, 2.45) is 16.6 Å². The number of allylic oxidation sites excluding steroid dienone is 2. The van der Waals surface area contributed by atoms with Crippen LogP contribution in [0.4, 0.5) is 0 Å². The first-order valence-electron chi connectivity index (χ1n) is 6.57. The molecule has 4 nitrogen and oxygen atoms in total. The minimum Gasteiger partial charge on any atom is -0.375 e. The lowest BCUT2D eigenvalue weighted by Crippen LogP contribution is -2.48. The van der Waals surface area contributed by atoms with E-state index in [0.717, 1.165) is 32.7 Å². The van der Waals surface area contributed by atoms with Crippen LogP contribution in [0.2, 0.25) is 0 Å². The monoisotopic (exact) mass is 237 g/mol. The fourth-order valence-corrected chi connectivity index (χ4v) is 2.37. The van der Waals surface area contributed by atoms with E-state index >= 15 is 0 Å². The Bertz CT molecular complexity index is 301. The van der Waals surface area contributed by atoms with Gasteiger partial charge in [-0.2, -0.15) is 0 Å². The number of morpholine rings is 1. The zero-order valence-corrected chi connectivity index (χ0v) is 10.6. The van der Waals surface area contributed by atoms with Crippen LogP contribution in [-0.4, -0.2) is 43.2 Å². The first kappa shape index (κ1) is 12.4. The van der Waals surface area contributed by atoms with Crippen LogP contribution in [0, 0.1) is 5.92 Å². The molecule has 0 aromatic rings. The number of nitrogens with two attached hydrogens (primary N) is 1. The van der Waals surface area contributed by atoms with Crippen molar-refractivity contribution >= 4 is 5.96 Å². The molecule has 2 N–H and O–H groups in total. The third kappa shape index (κ3) is 3.73. The van der Waals surface area contributed by atoms with Crippen LogP contribution in [0.25, 0.3) is 0 Å². The van der Waals surface area contributed by atoms with E-state index < -0.39 is 0 Å². The molecule has 1 heterocycles. The average Bonchev–Trinajstić information content (AvgIpc) is 2.37. The van der Waals surface area contributed by atoms with Gasteiger partial charge in [0.15, 0.2) is 5.96 Å². The van der Waals surface area contributed by atoms with E-state index in [1.165, 1.54) is 12.8 Å². The largest absolute Gasteiger partial charge is 0.375 e. The van der Waals surface area contributed by atoms with Gasteiger partial charge in [0.2, 0.25) is 0 Å². The van der Waals surface area contributed by atoms with Gasteiger partial charge >= 0.3 is 0 Å². The summed E-state index contributed by atoms with van der Waals surface area (Å²) in [6.07, 6.45) is 8.36. The Morgan fingerprint density at radius 3 is 3.12 bits per heavy atom. The van der Waals surface area contributed by atoms with Gasteiger partial charge < -0.3 is 15.4 Å². The molecule has 2 aliphatic rings. The molecule has 0 radical (unpaired) electrons. The van der Waals surface area contributed by atoms with Crippen LogP contribution >= 0.6 is 0 Å². The summed E-state index contributed by atoms with van der Waals surface area (Å²) in [5, 5.41) is 0. The summed E-state index contributed by atoms with van der Waals surface area (Å²) in [5.74, 6) is 1.37. The molecule has 1 fully saturated rings. The number of ether oxygens (including phenoxy) is 1. The highest BCUT2D eigenvalue weighted by Gasteiger charge is 2.18. The minimum absolute atomic E-state index is 0.259. The Balaban J connectivity index is 1.81. The lowest BCUT2D eigenvalue weighted by molar-refractivity contribution is 0.00527. The fourth-order valence-electron chi connectivity index (χ4n) is 2.37. The zero-order valence-electron chi connectivity index (χ0n) is 10.6. The molecular formula is C13H23N3O. The number of hydrogen-bond acceptors (Lipinski definition) is 2. The average molecular weight is 237 g/mol. The van der Waals surface area contributed by atoms with Crippen LogP contribution in [0.3, 0.4) is 0 Å². The van der Waals surface area contributed by atoms with E-state index in [2.05, 4.69) is 29.0 Å². The summed E-state index contributed by atoms with van der Waals surface area (Å²) in [6, 6.07) is 0. The Labute approximate surface area is 104 Å². The van der Waals surface area contributed by atoms with E-state index in [4.69, 9.17) is 10.5 Å². The number of rotatable bonds is 2. The normalized spacial score (nSPS) is 30.6. The Morgan fingerprint density at radius 2 is 2.41 bits per heavy atom. The van der Waals surface area contributed by atoms with Gasteiger partial charge in [0.25, 0.3) is 0 Å². The second kappa shape index (κ2) is 6.05. The van der Waals surface area contributed by atoms with Gasteiger partial charge in [0, 0.05) is 19.6 Å². The Morgan fingerprint density at radius 1 is 1.53 bits per heavy atom. The second-order valence-corrected chi connectivity index (χ2v) is 4.98. The summed E-state index contributed by atoms with van der Waals surface area (Å²) >= 11 is 0. The SMILES string of the molecule is CC1CN(C(N)=NCC2CC=CCC2)CCO1. The molecule has 0 saturated carbocycles. The van der Waals surface area contributed by atoms with Crippen molar-refractivity contribution in [2.75, 3.05) is 26.2 Å². The maximum atomic E-state index is 6.03. The molecule has 0 aromatic heterocycles. The van der Waals surface area contributed by atoms with Gasteiger partial charge in [-0.1, -0.05) is 12.2 Å². The molecule has 2 unspecified atom stereocenters. The van der Waals surface area contributed by atoms with E-state index in [1.54, 1.807) is 0 Å². The molecule has 96 valence electrons. The molecule has 0 spiro atoms. The van der Waals surface area contributed by atoms with Crippen LogP contribution in [-0.2, 0) is 4.74 Å². The number of aliphatic imine (C=N–C) groups is 1. The summed E-state index contributed by atoms with van der Waals surface area (Å²) in [6.45, 7) is 5.42. The summed E-state index contributed by atoms with van der Waals surface area (Å²) in [7, 11) is 0. The quantitative estimate of drug-likeness (QED) is 0.448. The molecule has 2 atom stereocenters. The maximum absolute atomic E-state index is 6.03. The molecule has 0 aromatic carbocycles. The third-order valence-electron chi connectivity index (χ3n) is 3.45. The molecule has 1 aliphatic carbocycles. The zero-order chi connectivity index (χ0) is 12.1. The predicted octanol–water partition coefficient (Wildman–Crippen LogP) is 1.38. The smallest absolute Gasteiger partial charge is 0.191 e. The van der Waals surface area contributed by atoms with Crippen LogP contribution in [0.5, 0.6) is 0 Å². The number of guanidine groups is 1. The van der Waals surface area contributed by atoms with Gasteiger partial charge in [-0.05, 0) is 32.1 Å². The van der Waals surface area contributed by atoms with Crippen LogP contribution in [0.15, 0.2) is 17.1 Å². The Hall–Kier alpha value is -1.03. The standard InChI is InChI=1S/C13H23N3O/c1-11-10-16(7-8-17-11)13(14)15-9-12-5-3-2-4-6-12/h2-3,11-12H,4-10H2,1H3,(H2,14,15). The third-order valence-corrected chi connectivity index (χ3v) is 3.45. The van der Waals surface area contributed by atoms with Crippen molar-refractivity contribution in [3.05, 3.63) is 12.2 Å². The highest BCUT2D eigenvalue weighted by Crippen LogP contribution is 2.18. The van der Waals surface area contributed by atoms with Gasteiger partial charge in [-0.15, -0.1) is 0 Å². The van der Waals surface area contributed by atoms with E-state index in [0.29, 0.717) is 11.9 Å². The lowest BCUT2D eigenvalue weighted by atomic mass is 9.95. The molecule has 1 aliphatic heterocycles. The second-order valence-electron chi connectivity index (χ2n) is 4.98. The highest BCUT2D eigenvalue weighted by molar-refractivity contribution is 5.78. The van der Waals surface area contributed by atoms with Crippen LogP contribution < -0.4 is 5.73 Å². The van der Waals surface area contributed by atoms with Crippen molar-refractivity contribution < 1.29 is 4.74 Å². The molecule has 0 bridgehead atoms. The van der Waals surface area contributed by atoms with Gasteiger partial charge in [0.1, 0.15) is 0 Å². The van der Waals surface area contributed by atoms with E-state index in [9.17, 15) is 0 Å². The predicted molar refractivity (Wildman–Crippen MR) is 70.0 cm³/mol. The maximum Gasteiger partial charge on any atom is 0.191 e. The molecule has 4 heteroatoms. The van der Waals surface area contributed by atoms with Gasteiger partial charge in [-0.3, -0.25) is 4.99 Å². The van der Waals surface area contributed by atoms with Crippen molar-refractivity contribution in [1.82, 2.24) is 4.90 Å². The van der Waals surface area contributed by atoms with Crippen molar-refractivity contribution in [1.29, 1.82) is 0 Å². The fraction of sp³-hybridized carbons (Fsp3) is 0.769. The first-order valence-corrected chi connectivity index (χ1v) is 6.57. The Kier molecular flexibility index (Phi) is 4.42. The number of hydrogen-bond donors (Lipinski definition) is 1.